The van der Waals surface area contributed by atoms with E-state index >= 15 is 0 Å². The first kappa shape index (κ1) is 8.97. The third kappa shape index (κ3) is 1.72. The second kappa shape index (κ2) is 2.73. The summed E-state index contributed by atoms with van der Waals surface area (Å²) < 4.78 is 13.2. The van der Waals surface area contributed by atoms with Gasteiger partial charge in [0.15, 0.2) is 0 Å². The van der Waals surface area contributed by atoms with Crippen LogP contribution in [0, 0.1) is 5.95 Å². The van der Waals surface area contributed by atoms with Crippen LogP contribution in [0.3, 0.4) is 0 Å². The van der Waals surface area contributed by atoms with Crippen molar-refractivity contribution in [3.8, 4) is 0 Å². The predicted octanol–water partition coefficient (Wildman–Crippen LogP) is 2.10. The molecule has 0 atom stereocenters. The largest absolute Gasteiger partial charge is 0.384 e. The summed E-state index contributed by atoms with van der Waals surface area (Å²) in [4.78, 5) is 3.55. The summed E-state index contributed by atoms with van der Waals surface area (Å²) in [5, 5.41) is 0. The monoisotopic (exact) mass is 168 g/mol. The zero-order valence-electron chi connectivity index (χ0n) is 7.56. The Bertz CT molecular complexity index is 289. The average Bonchev–Trinajstić information content (AvgIpc) is 1.83. The number of hydrogen-bond acceptors (Lipinski definition) is 2. The van der Waals surface area contributed by atoms with Crippen LogP contribution in [-0.4, -0.2) is 4.98 Å². The molecule has 1 aromatic heterocycles. The van der Waals surface area contributed by atoms with E-state index in [1.165, 1.54) is 0 Å². The summed E-state index contributed by atoms with van der Waals surface area (Å²) in [5.41, 5.74) is 5.70. The molecule has 0 spiro atoms. The molecule has 1 heterocycles. The van der Waals surface area contributed by atoms with Crippen LogP contribution in [-0.2, 0) is 5.41 Å². The molecule has 12 heavy (non-hydrogen) atoms. The second-order valence-electron chi connectivity index (χ2n) is 3.82. The van der Waals surface area contributed by atoms with Gasteiger partial charge in [0.05, 0.1) is 0 Å². The SMILES string of the molecule is CC(C)(C)c1ccc(N)nc1F. The lowest BCUT2D eigenvalue weighted by molar-refractivity contribution is 0.500. The quantitative estimate of drug-likeness (QED) is 0.602. The van der Waals surface area contributed by atoms with Gasteiger partial charge in [-0.15, -0.1) is 0 Å². The summed E-state index contributed by atoms with van der Waals surface area (Å²) in [6.45, 7) is 5.80. The van der Waals surface area contributed by atoms with Crippen molar-refractivity contribution < 1.29 is 4.39 Å². The first-order valence-corrected chi connectivity index (χ1v) is 3.84. The van der Waals surface area contributed by atoms with Gasteiger partial charge in [-0.3, -0.25) is 0 Å². The van der Waals surface area contributed by atoms with Gasteiger partial charge < -0.3 is 5.73 Å². The van der Waals surface area contributed by atoms with E-state index in [0.29, 0.717) is 5.56 Å². The minimum absolute atomic E-state index is 0.217. The summed E-state index contributed by atoms with van der Waals surface area (Å²) in [6, 6.07) is 3.29. The number of nitrogen functional groups attached to an aromatic ring is 1. The molecule has 0 saturated carbocycles. The Balaban J connectivity index is 3.19. The smallest absolute Gasteiger partial charge is 0.218 e. The van der Waals surface area contributed by atoms with Crippen molar-refractivity contribution >= 4 is 5.82 Å². The molecule has 0 aliphatic carbocycles. The average molecular weight is 168 g/mol. The van der Waals surface area contributed by atoms with Gasteiger partial charge in [0.2, 0.25) is 5.95 Å². The molecule has 2 N–H and O–H groups in total. The highest BCUT2D eigenvalue weighted by atomic mass is 19.1. The van der Waals surface area contributed by atoms with E-state index in [0.717, 1.165) is 0 Å². The Kier molecular flexibility index (Phi) is 2.04. The maximum atomic E-state index is 13.2. The molecular weight excluding hydrogens is 155 g/mol. The molecule has 0 fully saturated rings. The zero-order valence-corrected chi connectivity index (χ0v) is 7.56. The van der Waals surface area contributed by atoms with E-state index in [1.807, 2.05) is 20.8 Å². The van der Waals surface area contributed by atoms with Gasteiger partial charge in [-0.1, -0.05) is 26.8 Å². The van der Waals surface area contributed by atoms with Crippen LogP contribution in [0.1, 0.15) is 26.3 Å². The number of pyridine rings is 1. The Labute approximate surface area is 71.6 Å². The first-order chi connectivity index (χ1) is 5.41. The Morgan fingerprint density at radius 2 is 1.92 bits per heavy atom. The van der Waals surface area contributed by atoms with E-state index in [4.69, 9.17) is 5.73 Å². The topological polar surface area (TPSA) is 38.9 Å². The Hall–Kier alpha value is -1.12. The minimum atomic E-state index is -0.470. The molecule has 0 aliphatic rings. The summed E-state index contributed by atoms with van der Waals surface area (Å²) >= 11 is 0. The molecule has 0 unspecified atom stereocenters. The highest BCUT2D eigenvalue weighted by Crippen LogP contribution is 2.24. The lowest BCUT2D eigenvalue weighted by Gasteiger charge is -2.18. The van der Waals surface area contributed by atoms with E-state index in [1.54, 1.807) is 12.1 Å². The van der Waals surface area contributed by atoms with E-state index in [-0.39, 0.29) is 11.2 Å². The van der Waals surface area contributed by atoms with Crippen LogP contribution < -0.4 is 5.73 Å². The van der Waals surface area contributed by atoms with Gasteiger partial charge in [0, 0.05) is 5.56 Å². The number of aromatic nitrogens is 1. The van der Waals surface area contributed by atoms with Crippen molar-refractivity contribution in [1.82, 2.24) is 4.98 Å². The Morgan fingerprint density at radius 3 is 2.33 bits per heavy atom. The molecule has 1 aromatic rings. The molecule has 66 valence electrons. The molecule has 0 radical (unpaired) electrons. The molecule has 2 nitrogen and oxygen atoms in total. The van der Waals surface area contributed by atoms with Crippen molar-refractivity contribution in [2.45, 2.75) is 26.2 Å². The number of halogens is 1. The fraction of sp³-hybridized carbons (Fsp3) is 0.444. The van der Waals surface area contributed by atoms with E-state index < -0.39 is 5.95 Å². The third-order valence-corrected chi connectivity index (χ3v) is 1.68. The molecule has 0 amide bonds. The molecule has 0 aromatic carbocycles. The number of nitrogens with zero attached hydrogens (tertiary/aromatic N) is 1. The molecule has 3 heteroatoms. The first-order valence-electron chi connectivity index (χ1n) is 3.84. The molecule has 0 saturated heterocycles. The van der Waals surface area contributed by atoms with Crippen LogP contribution in [0.25, 0.3) is 0 Å². The molecule has 1 rings (SSSR count). The van der Waals surface area contributed by atoms with Crippen molar-refractivity contribution in [2.75, 3.05) is 5.73 Å². The summed E-state index contributed by atoms with van der Waals surface area (Å²) in [7, 11) is 0. The van der Waals surface area contributed by atoms with Crippen molar-refractivity contribution in [2.24, 2.45) is 0 Å². The maximum Gasteiger partial charge on any atom is 0.218 e. The molecular formula is C9H13FN2. The maximum absolute atomic E-state index is 13.2. The molecule has 0 aliphatic heterocycles. The summed E-state index contributed by atoms with van der Waals surface area (Å²) in [6.07, 6.45) is 0. The normalized spacial score (nSPS) is 11.7. The minimum Gasteiger partial charge on any atom is -0.384 e. The number of hydrogen-bond donors (Lipinski definition) is 1. The van der Waals surface area contributed by atoms with Crippen molar-refractivity contribution in [1.29, 1.82) is 0 Å². The Morgan fingerprint density at radius 1 is 1.33 bits per heavy atom. The van der Waals surface area contributed by atoms with Gasteiger partial charge in [0.25, 0.3) is 0 Å². The van der Waals surface area contributed by atoms with Gasteiger partial charge in [0.1, 0.15) is 5.82 Å². The number of anilines is 1. The summed E-state index contributed by atoms with van der Waals surface area (Å²) in [5.74, 6) is -0.247. The van der Waals surface area contributed by atoms with Gasteiger partial charge in [-0.25, -0.2) is 4.98 Å². The van der Waals surface area contributed by atoms with Crippen molar-refractivity contribution in [3.63, 3.8) is 0 Å². The zero-order chi connectivity index (χ0) is 9.35. The van der Waals surface area contributed by atoms with Crippen LogP contribution in [0.4, 0.5) is 10.2 Å². The fourth-order valence-corrected chi connectivity index (χ4v) is 1.01. The third-order valence-electron chi connectivity index (χ3n) is 1.68. The second-order valence-corrected chi connectivity index (χ2v) is 3.82. The number of nitrogens with two attached hydrogens (primary N) is 1. The standard InChI is InChI=1S/C9H13FN2/c1-9(2,3)6-4-5-7(11)12-8(6)10/h4-5H,1-3H3,(H2,11,12). The van der Waals surface area contributed by atoms with Gasteiger partial charge in [-0.2, -0.15) is 4.39 Å². The number of rotatable bonds is 0. The fourth-order valence-electron chi connectivity index (χ4n) is 1.01. The van der Waals surface area contributed by atoms with E-state index in [2.05, 4.69) is 4.98 Å². The molecule has 0 bridgehead atoms. The van der Waals surface area contributed by atoms with Crippen LogP contribution in [0.2, 0.25) is 0 Å². The van der Waals surface area contributed by atoms with E-state index in [9.17, 15) is 4.39 Å². The predicted molar refractivity (Wildman–Crippen MR) is 47.3 cm³/mol. The van der Waals surface area contributed by atoms with Crippen LogP contribution in [0.5, 0.6) is 0 Å². The highest BCUT2D eigenvalue weighted by molar-refractivity contribution is 5.32. The lowest BCUT2D eigenvalue weighted by Crippen LogP contribution is -2.14. The van der Waals surface area contributed by atoms with Crippen LogP contribution >= 0.6 is 0 Å². The van der Waals surface area contributed by atoms with Gasteiger partial charge in [-0.05, 0) is 11.5 Å². The highest BCUT2D eigenvalue weighted by Gasteiger charge is 2.18. The van der Waals surface area contributed by atoms with Gasteiger partial charge >= 0.3 is 0 Å². The van der Waals surface area contributed by atoms with Crippen LogP contribution in [0.15, 0.2) is 12.1 Å². The van der Waals surface area contributed by atoms with Crippen molar-refractivity contribution in [3.05, 3.63) is 23.6 Å². The lowest BCUT2D eigenvalue weighted by atomic mass is 9.88.